The first-order valence-electron chi connectivity index (χ1n) is 9.69. The zero-order valence-corrected chi connectivity index (χ0v) is 16.1. The minimum Gasteiger partial charge on any atom is -0.361 e. The van der Waals surface area contributed by atoms with Crippen molar-refractivity contribution in [3.8, 4) is 0 Å². The van der Waals surface area contributed by atoms with Crippen molar-refractivity contribution in [1.82, 2.24) is 10.6 Å². The number of nitrogens with zero attached hydrogens (tertiary/aromatic N) is 1. The SMILES string of the molecule is O=C(NCC(c1cccs1)N1CCc2ccccc21)C(=O)NC1CCCC1. The fourth-order valence-corrected chi connectivity index (χ4v) is 4.96. The number of hydrogen-bond donors (Lipinski definition) is 2. The van der Waals surface area contributed by atoms with E-state index in [4.69, 9.17) is 0 Å². The van der Waals surface area contributed by atoms with E-state index in [0.29, 0.717) is 6.54 Å². The van der Waals surface area contributed by atoms with Gasteiger partial charge in [-0.05, 0) is 42.3 Å². The van der Waals surface area contributed by atoms with Gasteiger partial charge in [-0.1, -0.05) is 37.1 Å². The number of nitrogens with one attached hydrogen (secondary N) is 2. The highest BCUT2D eigenvalue weighted by Gasteiger charge is 2.29. The van der Waals surface area contributed by atoms with Gasteiger partial charge in [-0.25, -0.2) is 0 Å². The van der Waals surface area contributed by atoms with Gasteiger partial charge in [-0.3, -0.25) is 9.59 Å². The van der Waals surface area contributed by atoms with Gasteiger partial charge in [0.15, 0.2) is 0 Å². The number of thiophene rings is 1. The van der Waals surface area contributed by atoms with Gasteiger partial charge in [-0.15, -0.1) is 11.3 Å². The Bertz CT molecular complexity index is 800. The van der Waals surface area contributed by atoms with Crippen LogP contribution in [0, 0.1) is 0 Å². The molecule has 6 heteroatoms. The van der Waals surface area contributed by atoms with E-state index in [1.807, 2.05) is 6.07 Å². The summed E-state index contributed by atoms with van der Waals surface area (Å²) in [5, 5.41) is 7.78. The Morgan fingerprint density at radius 3 is 2.70 bits per heavy atom. The van der Waals surface area contributed by atoms with Crippen molar-refractivity contribution >= 4 is 28.8 Å². The number of amides is 2. The lowest BCUT2D eigenvalue weighted by Gasteiger charge is -2.30. The molecular weight excluding hydrogens is 358 g/mol. The lowest BCUT2D eigenvalue weighted by atomic mass is 10.1. The Morgan fingerprint density at radius 1 is 1.11 bits per heavy atom. The third kappa shape index (κ3) is 4.00. The summed E-state index contributed by atoms with van der Waals surface area (Å²) in [6, 6.07) is 12.7. The summed E-state index contributed by atoms with van der Waals surface area (Å²) < 4.78 is 0. The molecule has 1 fully saturated rings. The molecule has 1 aromatic carbocycles. The van der Waals surface area contributed by atoms with Crippen molar-refractivity contribution in [3.63, 3.8) is 0 Å². The van der Waals surface area contributed by atoms with Crippen LogP contribution in [0.2, 0.25) is 0 Å². The first kappa shape index (κ1) is 18.0. The molecule has 142 valence electrons. The normalized spacial score (nSPS) is 17.6. The summed E-state index contributed by atoms with van der Waals surface area (Å²) in [4.78, 5) is 28.1. The molecule has 0 saturated heterocycles. The van der Waals surface area contributed by atoms with E-state index in [-0.39, 0.29) is 12.1 Å². The average Bonchev–Trinajstić information content (AvgIpc) is 3.44. The van der Waals surface area contributed by atoms with Crippen molar-refractivity contribution in [3.05, 3.63) is 52.2 Å². The summed E-state index contributed by atoms with van der Waals surface area (Å²) in [6.07, 6.45) is 5.21. The zero-order valence-electron chi connectivity index (χ0n) is 15.3. The van der Waals surface area contributed by atoms with E-state index in [1.54, 1.807) is 11.3 Å². The minimum absolute atomic E-state index is 0.0388. The van der Waals surface area contributed by atoms with Gasteiger partial charge in [0.2, 0.25) is 0 Å². The van der Waals surface area contributed by atoms with Gasteiger partial charge in [0, 0.05) is 29.7 Å². The molecule has 1 aromatic heterocycles. The van der Waals surface area contributed by atoms with E-state index in [1.165, 1.54) is 16.1 Å². The summed E-state index contributed by atoms with van der Waals surface area (Å²) in [5.41, 5.74) is 2.56. The number of hydrogen-bond acceptors (Lipinski definition) is 4. The molecule has 1 aliphatic heterocycles. The standard InChI is InChI=1S/C21H25N3O2S/c25-20(21(26)23-16-7-2-3-8-16)22-14-18(19-10-5-13-27-19)24-12-11-15-6-1-4-9-17(15)24/h1,4-6,9-10,13,16,18H,2-3,7-8,11-12,14H2,(H,22,25)(H,23,26). The number of rotatable bonds is 5. The molecule has 2 heterocycles. The third-order valence-corrected chi connectivity index (χ3v) is 6.50. The van der Waals surface area contributed by atoms with E-state index < -0.39 is 11.8 Å². The van der Waals surface area contributed by atoms with Crippen LogP contribution in [0.5, 0.6) is 0 Å². The van der Waals surface area contributed by atoms with Gasteiger partial charge in [0.1, 0.15) is 0 Å². The molecule has 1 saturated carbocycles. The third-order valence-electron chi connectivity index (χ3n) is 5.52. The molecule has 4 rings (SSSR count). The number of benzene rings is 1. The molecular formula is C21H25N3O2S. The lowest BCUT2D eigenvalue weighted by molar-refractivity contribution is -0.139. The van der Waals surface area contributed by atoms with E-state index in [0.717, 1.165) is 38.6 Å². The Morgan fingerprint density at radius 2 is 1.93 bits per heavy atom. The largest absolute Gasteiger partial charge is 0.361 e. The summed E-state index contributed by atoms with van der Waals surface area (Å²) in [7, 11) is 0. The fourth-order valence-electron chi connectivity index (χ4n) is 4.12. The van der Waals surface area contributed by atoms with Crippen LogP contribution >= 0.6 is 11.3 Å². The highest BCUT2D eigenvalue weighted by Crippen LogP contribution is 2.36. The second-order valence-electron chi connectivity index (χ2n) is 7.27. The Balaban J connectivity index is 1.43. The number of para-hydroxylation sites is 1. The van der Waals surface area contributed by atoms with Crippen molar-refractivity contribution in [2.75, 3.05) is 18.0 Å². The predicted octanol–water partition coefficient (Wildman–Crippen LogP) is 3.03. The minimum atomic E-state index is -0.532. The molecule has 0 spiro atoms. The van der Waals surface area contributed by atoms with Gasteiger partial charge in [0.25, 0.3) is 0 Å². The molecule has 2 N–H and O–H groups in total. The van der Waals surface area contributed by atoms with Crippen LogP contribution in [-0.4, -0.2) is 30.9 Å². The van der Waals surface area contributed by atoms with Crippen LogP contribution in [0.25, 0.3) is 0 Å². The topological polar surface area (TPSA) is 61.4 Å². The molecule has 5 nitrogen and oxygen atoms in total. The first-order valence-corrected chi connectivity index (χ1v) is 10.6. The monoisotopic (exact) mass is 383 g/mol. The average molecular weight is 384 g/mol. The number of fused-ring (bicyclic) bond motifs is 1. The van der Waals surface area contributed by atoms with Gasteiger partial charge in [0.05, 0.1) is 6.04 Å². The molecule has 0 bridgehead atoms. The fraction of sp³-hybridized carbons (Fsp3) is 0.429. The van der Waals surface area contributed by atoms with Crippen LogP contribution in [0.15, 0.2) is 41.8 Å². The van der Waals surface area contributed by atoms with Crippen molar-refractivity contribution in [1.29, 1.82) is 0 Å². The number of carbonyl (C=O) groups is 2. The van der Waals surface area contributed by atoms with Crippen LogP contribution < -0.4 is 15.5 Å². The maximum absolute atomic E-state index is 12.3. The predicted molar refractivity (Wildman–Crippen MR) is 108 cm³/mol. The van der Waals surface area contributed by atoms with Crippen LogP contribution in [0.3, 0.4) is 0 Å². The lowest BCUT2D eigenvalue weighted by Crippen LogP contribution is -2.46. The number of carbonyl (C=O) groups excluding carboxylic acids is 2. The molecule has 27 heavy (non-hydrogen) atoms. The molecule has 1 unspecified atom stereocenters. The summed E-state index contributed by atoms with van der Waals surface area (Å²) >= 11 is 1.69. The molecule has 0 radical (unpaired) electrons. The summed E-state index contributed by atoms with van der Waals surface area (Å²) in [6.45, 7) is 1.35. The Kier molecular flexibility index (Phi) is 5.43. The van der Waals surface area contributed by atoms with Gasteiger partial charge >= 0.3 is 11.8 Å². The van der Waals surface area contributed by atoms with Gasteiger partial charge in [-0.2, -0.15) is 0 Å². The number of anilines is 1. The summed E-state index contributed by atoms with van der Waals surface area (Å²) in [5.74, 6) is -1.04. The van der Waals surface area contributed by atoms with Crippen LogP contribution in [-0.2, 0) is 16.0 Å². The van der Waals surface area contributed by atoms with Crippen molar-refractivity contribution in [2.45, 2.75) is 44.2 Å². The maximum Gasteiger partial charge on any atom is 0.309 e. The Labute approximate surface area is 163 Å². The molecule has 2 amide bonds. The first-order chi connectivity index (χ1) is 13.2. The Hall–Kier alpha value is -2.34. The van der Waals surface area contributed by atoms with Crippen molar-refractivity contribution in [2.24, 2.45) is 0 Å². The van der Waals surface area contributed by atoms with E-state index >= 15 is 0 Å². The molecule has 2 aromatic rings. The zero-order chi connectivity index (χ0) is 18.6. The van der Waals surface area contributed by atoms with Crippen molar-refractivity contribution < 1.29 is 9.59 Å². The molecule has 1 aliphatic carbocycles. The van der Waals surface area contributed by atoms with Gasteiger partial charge < -0.3 is 15.5 Å². The highest BCUT2D eigenvalue weighted by atomic mass is 32.1. The molecule has 1 atom stereocenters. The quantitative estimate of drug-likeness (QED) is 0.780. The second kappa shape index (κ2) is 8.13. The van der Waals surface area contributed by atoms with Crippen LogP contribution in [0.1, 0.15) is 42.2 Å². The highest BCUT2D eigenvalue weighted by molar-refractivity contribution is 7.10. The van der Waals surface area contributed by atoms with Crippen LogP contribution in [0.4, 0.5) is 5.69 Å². The smallest absolute Gasteiger partial charge is 0.309 e. The second-order valence-corrected chi connectivity index (χ2v) is 8.25. The van der Waals surface area contributed by atoms with E-state index in [9.17, 15) is 9.59 Å². The maximum atomic E-state index is 12.3. The van der Waals surface area contributed by atoms with E-state index in [2.05, 4.69) is 51.2 Å². The molecule has 2 aliphatic rings.